The van der Waals surface area contributed by atoms with E-state index in [0.29, 0.717) is 0 Å². The molecule has 2 rings (SSSR count). The molecule has 2 aromatic carbocycles. The van der Waals surface area contributed by atoms with Gasteiger partial charge in [-0.15, -0.1) is 34.0 Å². The van der Waals surface area contributed by atoms with E-state index in [0.717, 1.165) is 9.52 Å². The average molecular weight is 515 g/mol. The summed E-state index contributed by atoms with van der Waals surface area (Å²) < 4.78 is 1.20. The standard InChI is InChI=1S/C11H10Br.C4H10N.C2H6Si.2ClH.Zr/c1-7-5-9-3-4-11(12)8(2)10(9)6-7;1-4(2,3)5;1-3-2;;;/h3-6H,1-2H3;5H,1-3H3;1-2H3;2*1H;/q2*-1;;;;+4/p-2. The number of hydrogen-bond donors (Lipinski definition) is 0. The van der Waals surface area contributed by atoms with Crippen LogP contribution in [0, 0.1) is 13.8 Å². The summed E-state index contributed by atoms with van der Waals surface area (Å²) in [5.41, 5.74) is 9.36. The fraction of sp³-hybridized carbons (Fsp3) is 0.471. The van der Waals surface area contributed by atoms with Crippen molar-refractivity contribution in [1.29, 1.82) is 0 Å². The Morgan fingerprint density at radius 3 is 1.96 bits per heavy atom. The van der Waals surface area contributed by atoms with Gasteiger partial charge in [-0.3, -0.25) is 0 Å². The van der Waals surface area contributed by atoms with Crippen LogP contribution in [0.4, 0.5) is 0 Å². The third kappa shape index (κ3) is 15.0. The molecule has 128 valence electrons. The summed E-state index contributed by atoms with van der Waals surface area (Å²) in [6, 6.07) is 8.71. The van der Waals surface area contributed by atoms with Crippen LogP contribution in [-0.4, -0.2) is 15.1 Å². The SMILES string of the molecule is CC(C)(C)[NH-].C[Si]C.Cc1cc2c(C)c(Br)ccc2[cH-]1.[Cl][Zr+2][Cl]. The Morgan fingerprint density at radius 2 is 1.57 bits per heavy atom. The summed E-state index contributed by atoms with van der Waals surface area (Å²) >= 11 is 2.70. The minimum absolute atomic E-state index is 0.250. The first-order chi connectivity index (χ1) is 10.5. The first kappa shape index (κ1) is 26.2. The van der Waals surface area contributed by atoms with Gasteiger partial charge in [0.2, 0.25) is 0 Å². The first-order valence-electron chi connectivity index (χ1n) is 7.13. The zero-order chi connectivity index (χ0) is 18.6. The van der Waals surface area contributed by atoms with Crippen molar-refractivity contribution >= 4 is 53.2 Å². The number of aryl methyl sites for hydroxylation is 2. The summed E-state index contributed by atoms with van der Waals surface area (Å²) in [7, 11) is 11.0. The summed E-state index contributed by atoms with van der Waals surface area (Å²) in [6.07, 6.45) is 0. The molecule has 0 saturated carbocycles. The molecular weight excluding hydrogens is 488 g/mol. The van der Waals surface area contributed by atoms with Crippen molar-refractivity contribution in [2.75, 3.05) is 0 Å². The summed E-state index contributed by atoms with van der Waals surface area (Å²) in [6.45, 7) is 14.1. The van der Waals surface area contributed by atoms with Gasteiger partial charge in [-0.1, -0.05) is 68.3 Å². The Kier molecular flexibility index (Phi) is 16.1. The van der Waals surface area contributed by atoms with Gasteiger partial charge in [0.1, 0.15) is 0 Å². The second-order valence-electron chi connectivity index (χ2n) is 6.03. The fourth-order valence-corrected chi connectivity index (χ4v) is 1.90. The number of benzene rings is 1. The van der Waals surface area contributed by atoms with Crippen LogP contribution in [0.25, 0.3) is 16.5 Å². The van der Waals surface area contributed by atoms with Gasteiger partial charge in [0, 0.05) is 14.0 Å². The van der Waals surface area contributed by atoms with E-state index >= 15 is 0 Å². The molecule has 1 N–H and O–H groups in total. The quantitative estimate of drug-likeness (QED) is 0.252. The first-order valence-corrected chi connectivity index (χ1v) is 16.3. The van der Waals surface area contributed by atoms with Crippen molar-refractivity contribution in [3.05, 3.63) is 45.6 Å². The maximum atomic E-state index is 6.94. The van der Waals surface area contributed by atoms with Crippen molar-refractivity contribution < 1.29 is 20.8 Å². The van der Waals surface area contributed by atoms with Crippen LogP contribution in [0.3, 0.4) is 0 Å². The molecule has 0 aliphatic heterocycles. The van der Waals surface area contributed by atoms with Crippen LogP contribution >= 0.6 is 33.0 Å². The number of fused-ring (bicyclic) bond motifs is 1. The molecule has 0 atom stereocenters. The van der Waals surface area contributed by atoms with E-state index in [9.17, 15) is 0 Å². The van der Waals surface area contributed by atoms with Crippen LogP contribution in [0.5, 0.6) is 0 Å². The van der Waals surface area contributed by atoms with E-state index in [4.69, 9.17) is 22.8 Å². The molecule has 6 heteroatoms. The van der Waals surface area contributed by atoms with Crippen LogP contribution in [-0.2, 0) is 20.8 Å². The van der Waals surface area contributed by atoms with Crippen molar-refractivity contribution in [3.8, 4) is 0 Å². The van der Waals surface area contributed by atoms with Gasteiger partial charge in [-0.05, 0) is 6.92 Å². The molecule has 0 fully saturated rings. The van der Waals surface area contributed by atoms with Crippen LogP contribution in [0.15, 0.2) is 28.7 Å². The molecule has 0 aromatic heterocycles. The molecule has 0 heterocycles. The number of rotatable bonds is 0. The summed E-state index contributed by atoms with van der Waals surface area (Å²) in [5, 5.41) is 2.70. The van der Waals surface area contributed by atoms with Gasteiger partial charge in [-0.25, -0.2) is 0 Å². The molecule has 23 heavy (non-hydrogen) atoms. The average Bonchev–Trinajstić information content (AvgIpc) is 2.76. The Morgan fingerprint density at radius 1 is 1.17 bits per heavy atom. The van der Waals surface area contributed by atoms with Crippen molar-refractivity contribution in [3.63, 3.8) is 0 Å². The number of halogens is 3. The van der Waals surface area contributed by atoms with E-state index in [1.165, 1.54) is 26.4 Å². The summed E-state index contributed by atoms with van der Waals surface area (Å²) in [5.74, 6) is 0. The molecular formula is C17H26BrCl2NSiZr. The molecule has 0 aliphatic carbocycles. The maximum absolute atomic E-state index is 6.94. The predicted octanol–water partition coefficient (Wildman–Crippen LogP) is 7.94. The Labute approximate surface area is 171 Å². The van der Waals surface area contributed by atoms with E-state index in [1.54, 1.807) is 0 Å². The second-order valence-corrected chi connectivity index (χ2v) is 11.6. The van der Waals surface area contributed by atoms with E-state index in [1.807, 2.05) is 20.8 Å². The zero-order valence-corrected chi connectivity index (χ0v) is 21.5. The van der Waals surface area contributed by atoms with Crippen molar-refractivity contribution in [1.82, 2.24) is 0 Å². The van der Waals surface area contributed by atoms with Gasteiger partial charge < -0.3 is 5.73 Å². The molecule has 0 bridgehead atoms. The van der Waals surface area contributed by atoms with Crippen LogP contribution in [0.2, 0.25) is 13.1 Å². The van der Waals surface area contributed by atoms with Gasteiger partial charge >= 0.3 is 37.9 Å². The van der Waals surface area contributed by atoms with Crippen LogP contribution in [0.1, 0.15) is 31.9 Å². The van der Waals surface area contributed by atoms with Gasteiger partial charge in [0.15, 0.2) is 0 Å². The predicted molar refractivity (Wildman–Crippen MR) is 110 cm³/mol. The van der Waals surface area contributed by atoms with Gasteiger partial charge in [0.05, 0.1) is 0 Å². The normalized spacial score (nSPS) is 9.52. The van der Waals surface area contributed by atoms with Crippen molar-refractivity contribution in [2.24, 2.45) is 0 Å². The fourth-order valence-electron chi connectivity index (χ4n) is 1.55. The zero-order valence-electron chi connectivity index (χ0n) is 14.9. The molecule has 0 amide bonds. The van der Waals surface area contributed by atoms with E-state index < -0.39 is 20.8 Å². The minimum atomic E-state index is -0.826. The molecule has 0 saturated heterocycles. The van der Waals surface area contributed by atoms with Crippen molar-refractivity contribution in [2.45, 2.75) is 53.3 Å². The Hall–Kier alpha value is 0.950. The Balaban J connectivity index is 0. The molecule has 2 radical (unpaired) electrons. The molecule has 2 aromatic rings. The Bertz CT molecular complexity index is 545. The molecule has 1 nitrogen and oxygen atoms in total. The number of hydrogen-bond acceptors (Lipinski definition) is 0. The van der Waals surface area contributed by atoms with E-state index in [2.05, 4.69) is 67.1 Å². The third-order valence-corrected chi connectivity index (χ3v) is 3.10. The van der Waals surface area contributed by atoms with E-state index in [-0.39, 0.29) is 5.54 Å². The third-order valence-electron chi connectivity index (χ3n) is 2.24. The number of nitrogens with one attached hydrogen (secondary N) is 1. The molecule has 0 aliphatic rings. The topological polar surface area (TPSA) is 23.8 Å². The summed E-state index contributed by atoms with van der Waals surface area (Å²) in [4.78, 5) is 0. The monoisotopic (exact) mass is 511 g/mol. The second kappa shape index (κ2) is 14.2. The van der Waals surface area contributed by atoms with Gasteiger partial charge in [0.25, 0.3) is 0 Å². The van der Waals surface area contributed by atoms with Crippen LogP contribution < -0.4 is 0 Å². The van der Waals surface area contributed by atoms with Gasteiger partial charge in [-0.2, -0.15) is 6.07 Å². The molecule has 0 spiro atoms. The molecule has 0 unspecified atom stereocenters.